The average Bonchev–Trinajstić information content (AvgIpc) is 3.33. The van der Waals surface area contributed by atoms with Crippen molar-refractivity contribution < 1.29 is 9.18 Å². The zero-order valence-electron chi connectivity index (χ0n) is 13.7. The molecule has 7 nitrogen and oxygen atoms in total. The molecule has 1 N–H and O–H groups in total. The van der Waals surface area contributed by atoms with Gasteiger partial charge in [-0.1, -0.05) is 0 Å². The van der Waals surface area contributed by atoms with Gasteiger partial charge in [0, 0.05) is 19.5 Å². The van der Waals surface area contributed by atoms with Gasteiger partial charge in [-0.15, -0.1) is 0 Å². The number of aryl methyl sites for hydroxylation is 1. The van der Waals surface area contributed by atoms with Crippen LogP contribution in [0.5, 0.6) is 0 Å². The molecule has 0 aliphatic carbocycles. The number of fused-ring (bicyclic) bond motifs is 1. The molecule has 1 aliphatic heterocycles. The van der Waals surface area contributed by atoms with Gasteiger partial charge in [0.2, 0.25) is 5.91 Å². The Kier molecular flexibility index (Phi) is 4.17. The summed E-state index contributed by atoms with van der Waals surface area (Å²) in [4.78, 5) is 26.1. The molecule has 1 saturated heterocycles. The molecule has 0 spiro atoms. The second-order valence-corrected chi connectivity index (χ2v) is 6.29. The number of hydrogen-bond donors (Lipinski definition) is 1. The van der Waals surface area contributed by atoms with Crippen molar-refractivity contribution in [2.75, 3.05) is 6.54 Å². The molecule has 8 heteroatoms. The van der Waals surface area contributed by atoms with Crippen LogP contribution in [0.25, 0.3) is 11.0 Å². The number of imidazole rings is 1. The van der Waals surface area contributed by atoms with Gasteiger partial charge in [0.05, 0.1) is 17.1 Å². The van der Waals surface area contributed by atoms with Crippen LogP contribution in [0.15, 0.2) is 30.9 Å². The fourth-order valence-corrected chi connectivity index (χ4v) is 3.39. The molecule has 25 heavy (non-hydrogen) atoms. The molecule has 0 radical (unpaired) electrons. The maximum absolute atomic E-state index is 13.4. The summed E-state index contributed by atoms with van der Waals surface area (Å²) in [6.45, 7) is 1.41. The zero-order chi connectivity index (χ0) is 17.2. The zero-order valence-corrected chi connectivity index (χ0v) is 13.7. The Balaban J connectivity index is 1.44. The highest BCUT2D eigenvalue weighted by molar-refractivity contribution is 5.78. The number of halogens is 1. The summed E-state index contributed by atoms with van der Waals surface area (Å²) in [7, 11) is 0. The number of nitrogens with zero attached hydrogens (tertiary/aromatic N) is 5. The first-order valence-electron chi connectivity index (χ1n) is 8.48. The Morgan fingerprint density at radius 3 is 3.16 bits per heavy atom. The first kappa shape index (κ1) is 15.7. The molecule has 0 bridgehead atoms. The Morgan fingerprint density at radius 1 is 1.40 bits per heavy atom. The molecule has 130 valence electrons. The number of carbonyl (C=O) groups is 1. The van der Waals surface area contributed by atoms with Gasteiger partial charge in [0.25, 0.3) is 0 Å². The Bertz CT molecular complexity index is 875. The standard InChI is InChI=1S/C17H19FN6O/c18-12-5-6-13-14(9-12)22-17(21-13)15-3-1-8-24(15)16(25)4-2-7-23-11-19-10-20-23/h5-6,9-11,15H,1-4,7-8H2,(H,21,22). The van der Waals surface area contributed by atoms with E-state index in [1.807, 2.05) is 4.90 Å². The van der Waals surface area contributed by atoms with Gasteiger partial charge < -0.3 is 9.88 Å². The van der Waals surface area contributed by atoms with E-state index in [9.17, 15) is 9.18 Å². The van der Waals surface area contributed by atoms with Crippen LogP contribution in [0.4, 0.5) is 4.39 Å². The molecule has 2 aromatic heterocycles. The molecule has 1 aromatic carbocycles. The number of aromatic amines is 1. The maximum atomic E-state index is 13.4. The number of benzene rings is 1. The molecule has 3 aromatic rings. The SMILES string of the molecule is O=C(CCCn1cncn1)N1CCCC1c1nc2ccc(F)cc2[nH]1. The van der Waals surface area contributed by atoms with Crippen molar-refractivity contribution >= 4 is 16.9 Å². The molecule has 3 heterocycles. The second kappa shape index (κ2) is 6.62. The van der Waals surface area contributed by atoms with Crippen molar-refractivity contribution in [3.05, 3.63) is 42.5 Å². The average molecular weight is 342 g/mol. The number of amides is 1. The molecule has 0 saturated carbocycles. The summed E-state index contributed by atoms with van der Waals surface area (Å²) >= 11 is 0. The number of rotatable bonds is 5. The van der Waals surface area contributed by atoms with Crippen LogP contribution >= 0.6 is 0 Å². The van der Waals surface area contributed by atoms with E-state index in [0.717, 1.165) is 37.1 Å². The monoisotopic (exact) mass is 342 g/mol. The van der Waals surface area contributed by atoms with Gasteiger partial charge in [0.1, 0.15) is 24.3 Å². The molecular formula is C17H19FN6O. The lowest BCUT2D eigenvalue weighted by molar-refractivity contribution is -0.132. The number of carbonyl (C=O) groups excluding carboxylic acids is 1. The minimum absolute atomic E-state index is 0.0608. The van der Waals surface area contributed by atoms with Crippen LogP contribution in [0.1, 0.15) is 37.5 Å². The first-order chi connectivity index (χ1) is 12.2. The second-order valence-electron chi connectivity index (χ2n) is 6.29. The maximum Gasteiger partial charge on any atom is 0.223 e. The Morgan fingerprint density at radius 2 is 2.32 bits per heavy atom. The highest BCUT2D eigenvalue weighted by Gasteiger charge is 2.31. The number of aromatic nitrogens is 5. The van der Waals surface area contributed by atoms with E-state index in [1.165, 1.54) is 18.5 Å². The van der Waals surface area contributed by atoms with E-state index in [2.05, 4.69) is 20.1 Å². The summed E-state index contributed by atoms with van der Waals surface area (Å²) in [6.07, 6.45) is 6.14. The van der Waals surface area contributed by atoms with Crippen LogP contribution in [0, 0.1) is 5.82 Å². The van der Waals surface area contributed by atoms with Crippen molar-refractivity contribution in [1.29, 1.82) is 0 Å². The van der Waals surface area contributed by atoms with Crippen LogP contribution < -0.4 is 0 Å². The van der Waals surface area contributed by atoms with E-state index in [0.29, 0.717) is 18.5 Å². The van der Waals surface area contributed by atoms with E-state index in [-0.39, 0.29) is 17.8 Å². The van der Waals surface area contributed by atoms with Crippen molar-refractivity contribution in [2.45, 2.75) is 38.3 Å². The third kappa shape index (κ3) is 3.24. The van der Waals surface area contributed by atoms with Gasteiger partial charge in [-0.05, 0) is 37.5 Å². The fourth-order valence-electron chi connectivity index (χ4n) is 3.39. The number of likely N-dealkylation sites (tertiary alicyclic amines) is 1. The third-order valence-corrected chi connectivity index (χ3v) is 4.60. The summed E-state index contributed by atoms with van der Waals surface area (Å²) < 4.78 is 15.1. The molecule has 1 aliphatic rings. The van der Waals surface area contributed by atoms with Crippen molar-refractivity contribution in [2.24, 2.45) is 0 Å². The van der Waals surface area contributed by atoms with E-state index < -0.39 is 0 Å². The lowest BCUT2D eigenvalue weighted by atomic mass is 10.2. The predicted octanol–water partition coefficient (Wildman–Crippen LogP) is 2.44. The van der Waals surface area contributed by atoms with Crippen LogP contribution in [0.2, 0.25) is 0 Å². The molecule has 4 rings (SSSR count). The quantitative estimate of drug-likeness (QED) is 0.772. The molecule has 1 atom stereocenters. The lowest BCUT2D eigenvalue weighted by Crippen LogP contribution is -2.31. The molecule has 1 unspecified atom stereocenters. The summed E-state index contributed by atoms with van der Waals surface area (Å²) in [5.74, 6) is 0.562. The van der Waals surface area contributed by atoms with Gasteiger partial charge in [-0.2, -0.15) is 5.10 Å². The first-order valence-corrected chi connectivity index (χ1v) is 8.48. The topological polar surface area (TPSA) is 79.7 Å². The van der Waals surface area contributed by atoms with Crippen LogP contribution in [0.3, 0.4) is 0 Å². The summed E-state index contributed by atoms with van der Waals surface area (Å²) in [5, 5.41) is 4.04. The van der Waals surface area contributed by atoms with Gasteiger partial charge in [-0.3, -0.25) is 9.48 Å². The highest BCUT2D eigenvalue weighted by atomic mass is 19.1. The van der Waals surface area contributed by atoms with E-state index in [1.54, 1.807) is 17.1 Å². The summed E-state index contributed by atoms with van der Waals surface area (Å²) in [6, 6.07) is 4.43. The Labute approximate surface area is 143 Å². The van der Waals surface area contributed by atoms with E-state index in [4.69, 9.17) is 0 Å². The normalized spacial score (nSPS) is 17.5. The minimum Gasteiger partial charge on any atom is -0.340 e. The van der Waals surface area contributed by atoms with Crippen molar-refractivity contribution in [3.8, 4) is 0 Å². The largest absolute Gasteiger partial charge is 0.340 e. The highest BCUT2D eigenvalue weighted by Crippen LogP contribution is 2.32. The van der Waals surface area contributed by atoms with Gasteiger partial charge >= 0.3 is 0 Å². The Hall–Kier alpha value is -2.77. The lowest BCUT2D eigenvalue weighted by Gasteiger charge is -2.23. The van der Waals surface area contributed by atoms with Gasteiger partial charge in [0.15, 0.2) is 0 Å². The smallest absolute Gasteiger partial charge is 0.223 e. The summed E-state index contributed by atoms with van der Waals surface area (Å²) in [5.41, 5.74) is 1.39. The molecule has 1 amide bonds. The fraction of sp³-hybridized carbons (Fsp3) is 0.412. The van der Waals surface area contributed by atoms with Gasteiger partial charge in [-0.25, -0.2) is 14.4 Å². The number of hydrogen-bond acceptors (Lipinski definition) is 4. The van der Waals surface area contributed by atoms with Crippen LogP contribution in [-0.2, 0) is 11.3 Å². The third-order valence-electron chi connectivity index (χ3n) is 4.60. The molecule has 1 fully saturated rings. The predicted molar refractivity (Wildman–Crippen MR) is 89.0 cm³/mol. The van der Waals surface area contributed by atoms with Crippen molar-refractivity contribution in [1.82, 2.24) is 29.6 Å². The number of nitrogens with one attached hydrogen (secondary N) is 1. The van der Waals surface area contributed by atoms with Crippen molar-refractivity contribution in [3.63, 3.8) is 0 Å². The van der Waals surface area contributed by atoms with E-state index >= 15 is 0 Å². The molecular weight excluding hydrogens is 323 g/mol. The van der Waals surface area contributed by atoms with Crippen LogP contribution in [-0.4, -0.2) is 42.1 Å². The minimum atomic E-state index is -0.296. The number of H-pyrrole nitrogens is 1.